The van der Waals surface area contributed by atoms with Gasteiger partial charge in [0, 0.05) is 13.1 Å². The average Bonchev–Trinajstić information content (AvgIpc) is 2.22. The summed E-state index contributed by atoms with van der Waals surface area (Å²) in [6.45, 7) is 3.35. The number of carbonyl (C=O) groups is 1. The summed E-state index contributed by atoms with van der Waals surface area (Å²) in [5.41, 5.74) is -0.873. The second-order valence-electron chi connectivity index (χ2n) is 4.54. The highest BCUT2D eigenvalue weighted by Crippen LogP contribution is 2.34. The third kappa shape index (κ3) is 2.27. The molecular weight excluding hydrogens is 247 g/mol. The maximum Gasteiger partial charge on any atom is 0.416 e. The lowest BCUT2D eigenvalue weighted by molar-refractivity contribution is -0.137. The SMILES string of the molecule is CC1CN(c2ccc(C(F)(F)F)cc2C(=O)O)C1. The fourth-order valence-electron chi connectivity index (χ4n) is 2.06. The van der Waals surface area contributed by atoms with Crippen LogP contribution in [0.5, 0.6) is 0 Å². The van der Waals surface area contributed by atoms with E-state index >= 15 is 0 Å². The largest absolute Gasteiger partial charge is 0.478 e. The predicted molar refractivity (Wildman–Crippen MR) is 59.8 cm³/mol. The number of rotatable bonds is 2. The molecule has 0 unspecified atom stereocenters. The summed E-state index contributed by atoms with van der Waals surface area (Å²) < 4.78 is 37.5. The molecule has 6 heteroatoms. The van der Waals surface area contributed by atoms with Gasteiger partial charge >= 0.3 is 12.1 Å². The number of benzene rings is 1. The zero-order valence-corrected chi connectivity index (χ0v) is 9.66. The molecule has 0 spiro atoms. The average molecular weight is 259 g/mol. The molecule has 0 atom stereocenters. The van der Waals surface area contributed by atoms with E-state index in [2.05, 4.69) is 0 Å². The van der Waals surface area contributed by atoms with Crippen LogP contribution in [-0.2, 0) is 6.18 Å². The number of carboxylic acid groups (broad SMARTS) is 1. The lowest BCUT2D eigenvalue weighted by Crippen LogP contribution is -2.45. The van der Waals surface area contributed by atoms with Crippen molar-refractivity contribution in [1.29, 1.82) is 0 Å². The van der Waals surface area contributed by atoms with Crippen LogP contribution < -0.4 is 4.90 Å². The molecule has 98 valence electrons. The summed E-state index contributed by atoms with van der Waals surface area (Å²) in [7, 11) is 0. The maximum atomic E-state index is 12.5. The first-order chi connectivity index (χ1) is 8.29. The van der Waals surface area contributed by atoms with E-state index in [1.165, 1.54) is 6.07 Å². The molecule has 0 saturated carbocycles. The summed E-state index contributed by atoms with van der Waals surface area (Å²) >= 11 is 0. The molecule has 1 aromatic rings. The zero-order chi connectivity index (χ0) is 13.5. The topological polar surface area (TPSA) is 40.5 Å². The van der Waals surface area contributed by atoms with Crippen LogP contribution in [0.15, 0.2) is 18.2 Å². The Morgan fingerprint density at radius 3 is 2.44 bits per heavy atom. The van der Waals surface area contributed by atoms with E-state index in [9.17, 15) is 18.0 Å². The fraction of sp³-hybridized carbons (Fsp3) is 0.417. The number of hydrogen-bond donors (Lipinski definition) is 1. The van der Waals surface area contributed by atoms with Gasteiger partial charge in [-0.3, -0.25) is 0 Å². The molecule has 1 N–H and O–H groups in total. The first kappa shape index (κ1) is 12.7. The van der Waals surface area contributed by atoms with Crippen LogP contribution in [0, 0.1) is 5.92 Å². The van der Waals surface area contributed by atoms with Crippen molar-refractivity contribution >= 4 is 11.7 Å². The number of alkyl halides is 3. The highest BCUT2D eigenvalue weighted by molar-refractivity contribution is 5.95. The van der Waals surface area contributed by atoms with Gasteiger partial charge in [-0.2, -0.15) is 13.2 Å². The van der Waals surface area contributed by atoms with Crippen molar-refractivity contribution in [3.05, 3.63) is 29.3 Å². The summed E-state index contributed by atoms with van der Waals surface area (Å²) in [5, 5.41) is 9.00. The molecule has 0 aromatic heterocycles. The number of carboxylic acids is 1. The third-order valence-electron chi connectivity index (χ3n) is 2.96. The van der Waals surface area contributed by atoms with Crippen LogP contribution in [0.2, 0.25) is 0 Å². The summed E-state index contributed by atoms with van der Waals surface area (Å²) in [6.07, 6.45) is -4.52. The van der Waals surface area contributed by atoms with Gasteiger partial charge in [-0.25, -0.2) is 4.79 Å². The summed E-state index contributed by atoms with van der Waals surface area (Å²) in [4.78, 5) is 12.8. The minimum absolute atomic E-state index is 0.295. The molecule has 1 aliphatic heterocycles. The van der Waals surface area contributed by atoms with Crippen molar-refractivity contribution in [2.45, 2.75) is 13.1 Å². The first-order valence-corrected chi connectivity index (χ1v) is 5.48. The molecule has 1 aromatic carbocycles. The van der Waals surface area contributed by atoms with Gasteiger partial charge in [0.1, 0.15) is 0 Å². The summed E-state index contributed by atoms with van der Waals surface area (Å²) in [5.74, 6) is -0.899. The number of anilines is 1. The number of nitrogens with zero attached hydrogens (tertiary/aromatic N) is 1. The molecule has 1 heterocycles. The van der Waals surface area contributed by atoms with Crippen LogP contribution in [0.3, 0.4) is 0 Å². The number of hydrogen-bond acceptors (Lipinski definition) is 2. The van der Waals surface area contributed by atoms with Crippen LogP contribution >= 0.6 is 0 Å². The highest BCUT2D eigenvalue weighted by atomic mass is 19.4. The van der Waals surface area contributed by atoms with Crippen molar-refractivity contribution in [3.63, 3.8) is 0 Å². The molecule has 1 fully saturated rings. The minimum Gasteiger partial charge on any atom is -0.478 e. The van der Waals surface area contributed by atoms with E-state index < -0.39 is 17.7 Å². The van der Waals surface area contributed by atoms with Crippen molar-refractivity contribution in [2.24, 2.45) is 5.92 Å². The van der Waals surface area contributed by atoms with E-state index in [1.54, 1.807) is 4.90 Å². The van der Waals surface area contributed by atoms with Gasteiger partial charge in [-0.15, -0.1) is 0 Å². The molecule has 1 aliphatic rings. The van der Waals surface area contributed by atoms with Gasteiger partial charge in [0.05, 0.1) is 16.8 Å². The first-order valence-electron chi connectivity index (χ1n) is 5.48. The maximum absolute atomic E-state index is 12.5. The lowest BCUT2D eigenvalue weighted by atomic mass is 9.99. The second-order valence-corrected chi connectivity index (χ2v) is 4.54. The van der Waals surface area contributed by atoms with E-state index in [-0.39, 0.29) is 5.56 Å². The standard InChI is InChI=1S/C12H12F3NO2/c1-7-5-16(6-7)10-3-2-8(12(13,14)15)4-9(10)11(17)18/h2-4,7H,5-6H2,1H3,(H,17,18). The fourth-order valence-corrected chi connectivity index (χ4v) is 2.06. The highest BCUT2D eigenvalue weighted by Gasteiger charge is 2.33. The molecule has 0 amide bonds. The van der Waals surface area contributed by atoms with Gasteiger partial charge in [-0.1, -0.05) is 6.92 Å². The van der Waals surface area contributed by atoms with E-state index in [1.807, 2.05) is 6.92 Å². The van der Waals surface area contributed by atoms with Crippen molar-refractivity contribution in [2.75, 3.05) is 18.0 Å². The smallest absolute Gasteiger partial charge is 0.416 e. The monoisotopic (exact) mass is 259 g/mol. The molecule has 18 heavy (non-hydrogen) atoms. The van der Waals surface area contributed by atoms with Gasteiger partial charge in [0.2, 0.25) is 0 Å². The van der Waals surface area contributed by atoms with Gasteiger partial charge in [-0.05, 0) is 24.1 Å². The molecule has 1 saturated heterocycles. The molecule has 0 aliphatic carbocycles. The van der Waals surface area contributed by atoms with Crippen LogP contribution in [0.25, 0.3) is 0 Å². The van der Waals surface area contributed by atoms with Gasteiger partial charge in [0.15, 0.2) is 0 Å². The van der Waals surface area contributed by atoms with Gasteiger partial charge < -0.3 is 10.0 Å². The second kappa shape index (κ2) is 4.19. The molecule has 0 radical (unpaired) electrons. The number of halogens is 3. The molecule has 3 nitrogen and oxygen atoms in total. The van der Waals surface area contributed by atoms with Gasteiger partial charge in [0.25, 0.3) is 0 Å². The van der Waals surface area contributed by atoms with E-state index in [0.29, 0.717) is 30.8 Å². The summed E-state index contributed by atoms with van der Waals surface area (Å²) in [6, 6.07) is 2.85. The van der Waals surface area contributed by atoms with Crippen molar-refractivity contribution < 1.29 is 23.1 Å². The Bertz CT molecular complexity index is 479. The quantitative estimate of drug-likeness (QED) is 0.887. The van der Waals surface area contributed by atoms with E-state index in [4.69, 9.17) is 5.11 Å². The molecule has 0 bridgehead atoms. The van der Waals surface area contributed by atoms with Crippen molar-refractivity contribution in [3.8, 4) is 0 Å². The van der Waals surface area contributed by atoms with Crippen LogP contribution in [0.4, 0.5) is 18.9 Å². The van der Waals surface area contributed by atoms with Crippen molar-refractivity contribution in [1.82, 2.24) is 0 Å². The lowest BCUT2D eigenvalue weighted by Gasteiger charge is -2.40. The Hall–Kier alpha value is -1.72. The zero-order valence-electron chi connectivity index (χ0n) is 9.66. The Labute approximate surface area is 102 Å². The minimum atomic E-state index is -4.52. The predicted octanol–water partition coefficient (Wildman–Crippen LogP) is 2.86. The van der Waals surface area contributed by atoms with Crippen LogP contribution in [-0.4, -0.2) is 24.2 Å². The molecule has 2 rings (SSSR count). The Morgan fingerprint density at radius 2 is 2.00 bits per heavy atom. The number of aromatic carboxylic acids is 1. The molecular formula is C12H12F3NO2. The Kier molecular flexibility index (Phi) is 2.96. The third-order valence-corrected chi connectivity index (χ3v) is 2.96. The Morgan fingerprint density at radius 1 is 1.39 bits per heavy atom. The van der Waals surface area contributed by atoms with E-state index in [0.717, 1.165) is 6.07 Å². The normalized spacial score (nSPS) is 16.6. The Balaban J connectivity index is 2.39. The van der Waals surface area contributed by atoms with Crippen LogP contribution in [0.1, 0.15) is 22.8 Å².